The smallest absolute Gasteiger partial charge is 0.402 e. The largest absolute Gasteiger partial charge is 0.631 e. The van der Waals surface area contributed by atoms with Gasteiger partial charge in [0.2, 0.25) is 10.0 Å². The van der Waals surface area contributed by atoms with Crippen LogP contribution in [0.2, 0.25) is 0 Å². The van der Waals surface area contributed by atoms with E-state index in [1.165, 1.54) is 0 Å². The van der Waals surface area contributed by atoms with Crippen molar-refractivity contribution in [3.63, 3.8) is 0 Å². The predicted molar refractivity (Wildman–Crippen MR) is 68.9 cm³/mol. The van der Waals surface area contributed by atoms with Gasteiger partial charge in [0.05, 0.1) is 4.90 Å². The number of sulfonamides is 1. The van der Waals surface area contributed by atoms with Gasteiger partial charge in [-0.1, -0.05) is 18.2 Å². The Morgan fingerprint density at radius 3 is 1.78 bits per heavy atom. The maximum Gasteiger partial charge on any atom is 0.631 e. The summed E-state index contributed by atoms with van der Waals surface area (Å²) in [6, 6.07) is 8.35. The van der Waals surface area contributed by atoms with E-state index < -0.39 is 22.9 Å². The summed E-state index contributed by atoms with van der Waals surface area (Å²) in [4.78, 5) is 0.301. The lowest BCUT2D eigenvalue weighted by Gasteiger charge is -2.20. The molecule has 4 N–H and O–H groups in total. The Bertz CT molecular complexity index is 438. The first kappa shape index (κ1) is 17.1. The predicted octanol–water partition coefficient (Wildman–Crippen LogP) is -0.288. The zero-order chi connectivity index (χ0) is 14.4. The van der Waals surface area contributed by atoms with Gasteiger partial charge >= 0.3 is 7.32 Å². The first-order valence-corrected chi connectivity index (χ1v) is 6.66. The topological polar surface area (TPSA) is 107 Å². The molecule has 8 heteroatoms. The third kappa shape index (κ3) is 8.21. The molecule has 0 amide bonds. The van der Waals surface area contributed by atoms with E-state index in [0.29, 0.717) is 4.90 Å². The number of benzene rings is 1. The zero-order valence-corrected chi connectivity index (χ0v) is 11.3. The van der Waals surface area contributed by atoms with Crippen molar-refractivity contribution in [1.82, 2.24) is 4.72 Å². The highest BCUT2D eigenvalue weighted by Gasteiger charge is 2.21. The first-order valence-electron chi connectivity index (χ1n) is 5.18. The molecule has 0 heterocycles. The molecule has 0 fully saturated rings. The number of nitrogens with one attached hydrogen (secondary N) is 1. The van der Waals surface area contributed by atoms with E-state index >= 15 is 0 Å². The molecule has 0 aliphatic carbocycles. The van der Waals surface area contributed by atoms with Gasteiger partial charge in [-0.2, -0.15) is 0 Å². The van der Waals surface area contributed by atoms with E-state index in [-0.39, 0.29) is 0 Å². The third-order valence-electron chi connectivity index (χ3n) is 1.49. The van der Waals surface area contributed by atoms with Crippen molar-refractivity contribution < 1.29 is 23.5 Å². The van der Waals surface area contributed by atoms with Crippen LogP contribution in [0.25, 0.3) is 0 Å². The van der Waals surface area contributed by atoms with Crippen LogP contribution in [0.3, 0.4) is 0 Å². The molecule has 0 bridgehead atoms. The van der Waals surface area contributed by atoms with Crippen LogP contribution < -0.4 is 4.72 Å². The molecule has 0 aliphatic heterocycles. The highest BCUT2D eigenvalue weighted by molar-refractivity contribution is 7.89. The molecule has 0 saturated carbocycles. The fraction of sp³-hybridized carbons (Fsp3) is 0.400. The maximum atomic E-state index is 11.7. The third-order valence-corrected chi connectivity index (χ3v) is 3.27. The summed E-state index contributed by atoms with van der Waals surface area (Å²) in [7, 11) is -5.53. The minimum Gasteiger partial charge on any atom is -0.402 e. The van der Waals surface area contributed by atoms with Gasteiger partial charge in [0.1, 0.15) is 0 Å². The Kier molecular flexibility index (Phi) is 6.51. The molecule has 1 rings (SSSR count). The van der Waals surface area contributed by atoms with Crippen molar-refractivity contribution in [2.75, 3.05) is 0 Å². The molecule has 0 aliphatic rings. The summed E-state index contributed by atoms with van der Waals surface area (Å²) in [5, 5.41) is 21.5. The molecule has 0 atom stereocenters. The lowest BCUT2D eigenvalue weighted by Crippen LogP contribution is -2.40. The zero-order valence-electron chi connectivity index (χ0n) is 10.5. The van der Waals surface area contributed by atoms with Crippen LogP contribution in [-0.2, 0) is 10.0 Å². The quantitative estimate of drug-likeness (QED) is 0.555. The molecule has 0 radical (unpaired) electrons. The van der Waals surface area contributed by atoms with E-state index in [1.54, 1.807) is 30.3 Å². The normalized spacial score (nSPS) is 11.4. The highest BCUT2D eigenvalue weighted by atomic mass is 32.2. The Balaban J connectivity index is 0.000000631. The first-order chi connectivity index (χ1) is 8.04. The second-order valence-electron chi connectivity index (χ2n) is 4.51. The molecule has 0 spiro atoms. The van der Waals surface area contributed by atoms with Crippen molar-refractivity contribution in [1.29, 1.82) is 0 Å². The maximum absolute atomic E-state index is 11.7. The van der Waals surface area contributed by atoms with Crippen molar-refractivity contribution in [3.05, 3.63) is 30.3 Å². The molecule has 6 nitrogen and oxygen atoms in total. The molecule has 0 aromatic heterocycles. The summed E-state index contributed by atoms with van der Waals surface area (Å²) >= 11 is 0. The molecule has 0 unspecified atom stereocenters. The number of hydrogen-bond acceptors (Lipinski definition) is 5. The highest BCUT2D eigenvalue weighted by Crippen LogP contribution is 2.11. The van der Waals surface area contributed by atoms with Crippen LogP contribution in [0.4, 0.5) is 0 Å². The van der Waals surface area contributed by atoms with Crippen LogP contribution in [0.1, 0.15) is 20.8 Å². The van der Waals surface area contributed by atoms with E-state index in [2.05, 4.69) is 4.72 Å². The number of rotatable bonds is 2. The van der Waals surface area contributed by atoms with Crippen molar-refractivity contribution >= 4 is 17.3 Å². The molecule has 0 saturated heterocycles. The van der Waals surface area contributed by atoms with Gasteiger partial charge in [-0.15, -0.1) is 0 Å². The average Bonchev–Trinajstić information content (AvgIpc) is 2.14. The molecule has 1 aromatic rings. The fourth-order valence-corrected chi connectivity index (χ4v) is 2.50. The van der Waals surface area contributed by atoms with Crippen LogP contribution >= 0.6 is 0 Å². The standard InChI is InChI=1S/C10H15NO2S.BH3O3/c1-10(2,3)11-14(12,13)9-7-5-4-6-8-9;2-1(3)4/h4-8,11H,1-3H3;2-4H. The van der Waals surface area contributed by atoms with E-state index in [9.17, 15) is 8.42 Å². The Hall–Kier alpha value is -0.925. The Morgan fingerprint density at radius 1 is 1.06 bits per heavy atom. The monoisotopic (exact) mass is 275 g/mol. The van der Waals surface area contributed by atoms with Gasteiger partial charge in [-0.3, -0.25) is 0 Å². The van der Waals surface area contributed by atoms with Gasteiger partial charge in [0.25, 0.3) is 0 Å². The van der Waals surface area contributed by atoms with Gasteiger partial charge in [-0.05, 0) is 32.9 Å². The van der Waals surface area contributed by atoms with Crippen LogP contribution in [-0.4, -0.2) is 36.4 Å². The van der Waals surface area contributed by atoms with Crippen LogP contribution in [0, 0.1) is 0 Å². The minimum atomic E-state index is -3.37. The second-order valence-corrected chi connectivity index (χ2v) is 6.20. The SMILES string of the molecule is CC(C)(C)NS(=O)(=O)c1ccccc1.OB(O)O. The van der Waals surface area contributed by atoms with Crippen molar-refractivity contribution in [2.45, 2.75) is 31.2 Å². The molecular formula is C10H18BNO5S. The van der Waals surface area contributed by atoms with Gasteiger partial charge < -0.3 is 15.1 Å². The van der Waals surface area contributed by atoms with Gasteiger partial charge in [0, 0.05) is 5.54 Å². The lowest BCUT2D eigenvalue weighted by atomic mass is 10.1. The summed E-state index contributed by atoms with van der Waals surface area (Å²) in [6.45, 7) is 5.44. The van der Waals surface area contributed by atoms with Crippen LogP contribution in [0.15, 0.2) is 35.2 Å². The summed E-state index contributed by atoms with van der Waals surface area (Å²) < 4.78 is 26.1. The lowest BCUT2D eigenvalue weighted by molar-refractivity contribution is 0.278. The van der Waals surface area contributed by atoms with Crippen molar-refractivity contribution in [2.24, 2.45) is 0 Å². The molecule has 18 heavy (non-hydrogen) atoms. The molecule has 1 aromatic carbocycles. The van der Waals surface area contributed by atoms with Gasteiger partial charge in [-0.25, -0.2) is 13.1 Å². The summed E-state index contributed by atoms with van der Waals surface area (Å²) in [5.74, 6) is 0. The molecular weight excluding hydrogens is 257 g/mol. The van der Waals surface area contributed by atoms with E-state index in [1.807, 2.05) is 20.8 Å². The minimum absolute atomic E-state index is 0.301. The second kappa shape index (κ2) is 6.86. The molecule has 102 valence electrons. The number of hydrogen-bond donors (Lipinski definition) is 4. The van der Waals surface area contributed by atoms with Crippen molar-refractivity contribution in [3.8, 4) is 0 Å². The van der Waals surface area contributed by atoms with Gasteiger partial charge in [0.15, 0.2) is 0 Å². The fourth-order valence-electron chi connectivity index (χ4n) is 1.06. The van der Waals surface area contributed by atoms with E-state index in [0.717, 1.165) is 0 Å². The average molecular weight is 275 g/mol. The van der Waals surface area contributed by atoms with E-state index in [4.69, 9.17) is 15.1 Å². The Labute approximate surface area is 108 Å². The van der Waals surface area contributed by atoms with Crippen LogP contribution in [0.5, 0.6) is 0 Å². The summed E-state index contributed by atoms with van der Waals surface area (Å²) in [5.41, 5.74) is -0.450. The summed E-state index contributed by atoms with van der Waals surface area (Å²) in [6.07, 6.45) is 0. The Morgan fingerprint density at radius 2 is 1.44 bits per heavy atom.